The molecule has 0 radical (unpaired) electrons. The van der Waals surface area contributed by atoms with Crippen molar-refractivity contribution in [3.8, 4) is 0 Å². The predicted molar refractivity (Wildman–Crippen MR) is 101 cm³/mol. The van der Waals surface area contributed by atoms with E-state index in [1.807, 2.05) is 17.5 Å². The second-order valence-corrected chi connectivity index (χ2v) is 9.46. The molecule has 0 spiro atoms. The van der Waals surface area contributed by atoms with Gasteiger partial charge in [0.25, 0.3) is 5.91 Å². The van der Waals surface area contributed by atoms with Crippen LogP contribution in [0.4, 0.5) is 0 Å². The Morgan fingerprint density at radius 3 is 2.46 bits per heavy atom. The van der Waals surface area contributed by atoms with Crippen LogP contribution in [0, 0.1) is 0 Å². The highest BCUT2D eigenvalue weighted by Gasteiger charge is 2.28. The molecule has 1 fully saturated rings. The van der Waals surface area contributed by atoms with Crippen molar-refractivity contribution in [1.82, 2.24) is 9.62 Å². The number of aliphatic hydroxyl groups is 1. The van der Waals surface area contributed by atoms with Gasteiger partial charge in [0.1, 0.15) is 5.60 Å². The largest absolute Gasteiger partial charge is 0.383 e. The van der Waals surface area contributed by atoms with Crippen molar-refractivity contribution < 1.29 is 18.3 Å². The van der Waals surface area contributed by atoms with Crippen LogP contribution in [-0.4, -0.2) is 43.4 Å². The molecule has 8 heteroatoms. The van der Waals surface area contributed by atoms with Gasteiger partial charge in [-0.1, -0.05) is 6.07 Å². The van der Waals surface area contributed by atoms with E-state index in [1.54, 1.807) is 6.92 Å². The molecule has 2 N–H and O–H groups in total. The lowest BCUT2D eigenvalue weighted by atomic mass is 10.1. The van der Waals surface area contributed by atoms with E-state index in [-0.39, 0.29) is 17.3 Å². The second kappa shape index (κ2) is 7.48. The number of nitrogens with one attached hydrogen (secondary N) is 1. The lowest BCUT2D eigenvalue weighted by Crippen LogP contribution is -2.38. The van der Waals surface area contributed by atoms with Gasteiger partial charge in [-0.15, -0.1) is 11.3 Å². The first-order chi connectivity index (χ1) is 12.3. The topological polar surface area (TPSA) is 86.7 Å². The number of nitrogens with zero attached hydrogens (tertiary/aromatic N) is 1. The van der Waals surface area contributed by atoms with E-state index in [9.17, 15) is 18.3 Å². The summed E-state index contributed by atoms with van der Waals surface area (Å²) in [5.74, 6) is -0.355. The van der Waals surface area contributed by atoms with Crippen LogP contribution >= 0.6 is 11.3 Å². The molecule has 1 aliphatic heterocycles. The van der Waals surface area contributed by atoms with Gasteiger partial charge in [-0.25, -0.2) is 8.42 Å². The second-order valence-electron chi connectivity index (χ2n) is 6.57. The Labute approximate surface area is 157 Å². The van der Waals surface area contributed by atoms with E-state index in [4.69, 9.17) is 0 Å². The van der Waals surface area contributed by atoms with Gasteiger partial charge in [0.2, 0.25) is 10.0 Å². The van der Waals surface area contributed by atoms with Crippen molar-refractivity contribution in [3.63, 3.8) is 0 Å². The number of hydrogen-bond donors (Lipinski definition) is 2. The molecule has 26 heavy (non-hydrogen) atoms. The molecule has 2 aromatic rings. The number of carbonyl (C=O) groups excluding carboxylic acids is 1. The normalized spacial score (nSPS) is 17.8. The molecule has 1 amide bonds. The highest BCUT2D eigenvalue weighted by Crippen LogP contribution is 2.25. The standard InChI is InChI=1S/C18H22N2O4S2/c1-18(22,16-5-4-12-25-16)13-19-17(21)14-6-8-15(9-7-14)26(23,24)20-10-2-3-11-20/h4-9,12,22H,2-3,10-11,13H2,1H3,(H,19,21). The first kappa shape index (κ1) is 19.0. The summed E-state index contributed by atoms with van der Waals surface area (Å²) in [5, 5.41) is 15.0. The summed E-state index contributed by atoms with van der Waals surface area (Å²) >= 11 is 1.42. The van der Waals surface area contributed by atoms with Crippen LogP contribution in [-0.2, 0) is 15.6 Å². The zero-order valence-corrected chi connectivity index (χ0v) is 16.1. The van der Waals surface area contributed by atoms with Gasteiger partial charge in [-0.2, -0.15) is 4.31 Å². The molecule has 6 nitrogen and oxygen atoms in total. The van der Waals surface area contributed by atoms with Crippen LogP contribution in [0.5, 0.6) is 0 Å². The van der Waals surface area contributed by atoms with Crippen LogP contribution in [0.1, 0.15) is 35.0 Å². The highest BCUT2D eigenvalue weighted by atomic mass is 32.2. The van der Waals surface area contributed by atoms with Crippen LogP contribution in [0.25, 0.3) is 0 Å². The van der Waals surface area contributed by atoms with Crippen molar-refractivity contribution in [3.05, 3.63) is 52.2 Å². The lowest BCUT2D eigenvalue weighted by molar-refractivity contribution is 0.0557. The third-order valence-corrected chi connectivity index (χ3v) is 7.50. The monoisotopic (exact) mass is 394 g/mol. The van der Waals surface area contributed by atoms with Crippen LogP contribution in [0.15, 0.2) is 46.7 Å². The maximum atomic E-state index is 12.5. The Morgan fingerprint density at radius 2 is 1.88 bits per heavy atom. The van der Waals surface area contributed by atoms with Crippen LogP contribution < -0.4 is 5.32 Å². The van der Waals surface area contributed by atoms with Gasteiger partial charge in [-0.05, 0) is 55.5 Å². The van der Waals surface area contributed by atoms with E-state index in [1.165, 1.54) is 39.9 Å². The van der Waals surface area contributed by atoms with Gasteiger partial charge in [0, 0.05) is 23.5 Å². The number of amides is 1. The molecule has 2 heterocycles. The summed E-state index contributed by atoms with van der Waals surface area (Å²) in [6, 6.07) is 9.57. The first-order valence-corrected chi connectivity index (χ1v) is 10.8. The maximum absolute atomic E-state index is 12.5. The smallest absolute Gasteiger partial charge is 0.251 e. The van der Waals surface area contributed by atoms with Gasteiger partial charge in [0.05, 0.1) is 11.4 Å². The lowest BCUT2D eigenvalue weighted by Gasteiger charge is -2.22. The summed E-state index contributed by atoms with van der Waals surface area (Å²) < 4.78 is 26.5. The summed E-state index contributed by atoms with van der Waals surface area (Å²) in [5.41, 5.74) is -0.796. The predicted octanol–water partition coefficient (Wildman–Crippen LogP) is 2.17. The third-order valence-electron chi connectivity index (χ3n) is 4.46. The fourth-order valence-corrected chi connectivity index (χ4v) is 5.19. The van der Waals surface area contributed by atoms with Crippen LogP contribution in [0.3, 0.4) is 0 Å². The number of hydrogen-bond acceptors (Lipinski definition) is 5. The molecule has 140 valence electrons. The average Bonchev–Trinajstić information content (AvgIpc) is 3.33. The van der Waals surface area contributed by atoms with Crippen molar-refractivity contribution in [2.75, 3.05) is 19.6 Å². The van der Waals surface area contributed by atoms with Crippen molar-refractivity contribution in [2.45, 2.75) is 30.3 Å². The Morgan fingerprint density at radius 1 is 1.23 bits per heavy atom. The summed E-state index contributed by atoms with van der Waals surface area (Å²) in [7, 11) is -3.48. The SMILES string of the molecule is CC(O)(CNC(=O)c1ccc(S(=O)(=O)N2CCCC2)cc1)c1cccs1. The van der Waals surface area contributed by atoms with Crippen molar-refractivity contribution >= 4 is 27.3 Å². The Bertz CT molecular complexity index is 853. The minimum Gasteiger partial charge on any atom is -0.383 e. The zero-order chi connectivity index (χ0) is 18.8. The molecule has 1 saturated heterocycles. The molecule has 1 aromatic heterocycles. The minimum absolute atomic E-state index is 0.0696. The van der Waals surface area contributed by atoms with E-state index >= 15 is 0 Å². The molecule has 0 bridgehead atoms. The fourth-order valence-electron chi connectivity index (χ4n) is 2.88. The number of rotatable bonds is 6. The molecule has 3 rings (SSSR count). The van der Waals surface area contributed by atoms with E-state index < -0.39 is 15.6 Å². The average molecular weight is 395 g/mol. The molecule has 1 atom stereocenters. The number of sulfonamides is 1. The molecular weight excluding hydrogens is 372 g/mol. The van der Waals surface area contributed by atoms with Crippen LogP contribution in [0.2, 0.25) is 0 Å². The highest BCUT2D eigenvalue weighted by molar-refractivity contribution is 7.89. The number of benzene rings is 1. The molecule has 1 aliphatic rings. The van der Waals surface area contributed by atoms with Gasteiger partial charge >= 0.3 is 0 Å². The maximum Gasteiger partial charge on any atom is 0.251 e. The third kappa shape index (κ3) is 3.98. The van der Waals surface area contributed by atoms with E-state index in [0.717, 1.165) is 17.7 Å². The summed E-state index contributed by atoms with van der Waals surface area (Å²) in [4.78, 5) is 13.3. The molecule has 1 unspecified atom stereocenters. The molecule has 1 aromatic carbocycles. The van der Waals surface area contributed by atoms with Gasteiger partial charge in [0.15, 0.2) is 0 Å². The Kier molecular flexibility index (Phi) is 5.47. The van der Waals surface area contributed by atoms with E-state index in [2.05, 4.69) is 5.32 Å². The Hall–Kier alpha value is -1.74. The Balaban J connectivity index is 1.65. The quantitative estimate of drug-likeness (QED) is 0.786. The van der Waals surface area contributed by atoms with E-state index in [0.29, 0.717) is 18.7 Å². The number of thiophene rings is 1. The van der Waals surface area contributed by atoms with Crippen molar-refractivity contribution in [2.24, 2.45) is 0 Å². The van der Waals surface area contributed by atoms with Crippen molar-refractivity contribution in [1.29, 1.82) is 0 Å². The fraction of sp³-hybridized carbons (Fsp3) is 0.389. The zero-order valence-electron chi connectivity index (χ0n) is 14.5. The molecule has 0 saturated carbocycles. The summed E-state index contributed by atoms with van der Waals surface area (Å²) in [6.07, 6.45) is 1.76. The minimum atomic E-state index is -3.48. The molecular formula is C18H22N2O4S2. The first-order valence-electron chi connectivity index (χ1n) is 8.45. The van der Waals surface area contributed by atoms with Gasteiger partial charge < -0.3 is 10.4 Å². The molecule has 0 aliphatic carbocycles. The van der Waals surface area contributed by atoms with Gasteiger partial charge in [-0.3, -0.25) is 4.79 Å². The number of carbonyl (C=O) groups is 1. The summed E-state index contributed by atoms with van der Waals surface area (Å²) in [6.45, 7) is 2.80.